The lowest BCUT2D eigenvalue weighted by Crippen LogP contribution is -2.61. The van der Waals surface area contributed by atoms with Crippen LogP contribution < -0.4 is 0 Å². The summed E-state index contributed by atoms with van der Waals surface area (Å²) in [5.74, 6) is -4.44. The van der Waals surface area contributed by atoms with Crippen molar-refractivity contribution in [2.24, 2.45) is 5.92 Å². The summed E-state index contributed by atoms with van der Waals surface area (Å²) in [5, 5.41) is 91.4. The molecule has 0 aromatic carbocycles. The van der Waals surface area contributed by atoms with Crippen LogP contribution in [0.4, 0.5) is 0 Å². The van der Waals surface area contributed by atoms with Crippen LogP contribution in [-0.2, 0) is 33.2 Å². The predicted octanol–water partition coefficient (Wildman–Crippen LogP) is -5.29. The van der Waals surface area contributed by atoms with Crippen LogP contribution in [0.25, 0.3) is 0 Å². The zero-order valence-corrected chi connectivity index (χ0v) is 20.8. The second kappa shape index (κ2) is 11.6. The van der Waals surface area contributed by atoms with E-state index < -0.39 is 98.4 Å². The lowest BCUT2D eigenvalue weighted by atomic mass is 9.79. The topological polar surface area (TPSA) is 255 Å². The molecule has 0 amide bonds. The number of rotatable bonds is 9. The lowest BCUT2D eigenvalue weighted by molar-refractivity contribution is -0.343. The van der Waals surface area contributed by atoms with E-state index in [9.17, 15) is 50.8 Å². The highest BCUT2D eigenvalue weighted by Gasteiger charge is 2.58. The molecule has 12 atom stereocenters. The first kappa shape index (κ1) is 30.2. The van der Waals surface area contributed by atoms with Crippen LogP contribution in [0, 0.1) is 5.92 Å². The number of aliphatic hydroxyl groups excluding tert-OH is 7. The predicted molar refractivity (Wildman–Crippen MR) is 121 cm³/mol. The minimum atomic E-state index is -2.35. The van der Waals surface area contributed by atoms with Gasteiger partial charge in [-0.15, -0.1) is 0 Å². The molecule has 16 heteroatoms. The van der Waals surface area contributed by atoms with E-state index in [0.29, 0.717) is 0 Å². The maximum atomic E-state index is 12.4. The van der Waals surface area contributed by atoms with Gasteiger partial charge in [-0.3, -0.25) is 0 Å². The Balaban J connectivity index is 1.52. The van der Waals surface area contributed by atoms with Gasteiger partial charge in [0.25, 0.3) is 0 Å². The second-order valence-corrected chi connectivity index (χ2v) is 9.86. The number of ether oxygens (including phenoxy) is 6. The molecule has 0 aromatic heterocycles. The molecule has 3 aliphatic heterocycles. The van der Waals surface area contributed by atoms with Gasteiger partial charge in [-0.05, 0) is 12.0 Å². The fraction of sp³-hybridized carbons (Fsp3) is 0.783. The molecule has 39 heavy (non-hydrogen) atoms. The van der Waals surface area contributed by atoms with Crippen LogP contribution in [-0.4, -0.2) is 152 Å². The standard InChI is InChI=1S/C23H34O16/c1-34-19(31)10-7-36-20(38-21-17(29)16(28)14(26)11(4-24)37-21)13-9(2-3-22(10,13)32)6-35-8-23(33)18(30)15(27)12(5-25)39-23/h2,7,11-18,20-21,24-30,32-33H,3-6,8H2,1H3/t11-,12-,13+,14-,15-,16+,17-,18+,20+,21+,22+,23-/m1/s1. The van der Waals surface area contributed by atoms with Gasteiger partial charge < -0.3 is 74.4 Å². The molecule has 4 rings (SSSR count). The van der Waals surface area contributed by atoms with Crippen molar-refractivity contribution in [3.8, 4) is 0 Å². The summed E-state index contributed by atoms with van der Waals surface area (Å²) in [6, 6.07) is 0. The van der Waals surface area contributed by atoms with E-state index in [-0.39, 0.29) is 24.2 Å². The van der Waals surface area contributed by atoms with E-state index >= 15 is 0 Å². The number of carbonyl (C=O) groups excluding carboxylic acids is 1. The highest BCUT2D eigenvalue weighted by Crippen LogP contribution is 2.48. The van der Waals surface area contributed by atoms with Crippen molar-refractivity contribution < 1.29 is 79.2 Å². The molecule has 4 aliphatic rings. The normalized spacial score (nSPS) is 45.8. The fourth-order valence-electron chi connectivity index (χ4n) is 5.20. The molecule has 222 valence electrons. The molecule has 0 saturated carbocycles. The van der Waals surface area contributed by atoms with E-state index in [1.54, 1.807) is 0 Å². The van der Waals surface area contributed by atoms with Crippen molar-refractivity contribution in [1.29, 1.82) is 0 Å². The van der Waals surface area contributed by atoms with E-state index in [0.717, 1.165) is 13.4 Å². The fourth-order valence-corrected chi connectivity index (χ4v) is 5.20. The summed E-state index contributed by atoms with van der Waals surface area (Å²) < 4.78 is 32.0. The highest BCUT2D eigenvalue weighted by atomic mass is 16.8. The summed E-state index contributed by atoms with van der Waals surface area (Å²) in [6.07, 6.45) is -11.9. The first-order chi connectivity index (χ1) is 18.4. The quantitative estimate of drug-likeness (QED) is 0.0933. The van der Waals surface area contributed by atoms with Crippen LogP contribution in [0.15, 0.2) is 23.5 Å². The molecule has 9 N–H and O–H groups in total. The second-order valence-electron chi connectivity index (χ2n) is 9.86. The SMILES string of the molecule is COC(=O)C1=CO[C@@H](O[C@@H]2O[C@H](CO)[C@@H](O)[C@H](O)[C@H]2O)[C@@H]2C(COC[C@@]3(O)O[C@H](CO)[C@@H](O)[C@@H]3O)=CC[C@]12O. The van der Waals surface area contributed by atoms with Crippen LogP contribution >= 0.6 is 0 Å². The van der Waals surface area contributed by atoms with Crippen molar-refractivity contribution in [2.45, 2.75) is 73.1 Å². The van der Waals surface area contributed by atoms with E-state index in [1.807, 2.05) is 0 Å². The molecule has 2 saturated heterocycles. The third-order valence-corrected chi connectivity index (χ3v) is 7.45. The van der Waals surface area contributed by atoms with Crippen molar-refractivity contribution in [3.63, 3.8) is 0 Å². The summed E-state index contributed by atoms with van der Waals surface area (Å²) in [5.41, 5.74) is -1.91. The summed E-state index contributed by atoms with van der Waals surface area (Å²) in [6.45, 7) is -2.38. The van der Waals surface area contributed by atoms with Crippen LogP contribution in [0.5, 0.6) is 0 Å². The zero-order valence-electron chi connectivity index (χ0n) is 20.8. The van der Waals surface area contributed by atoms with Gasteiger partial charge in [0.05, 0.1) is 39.1 Å². The molecule has 16 nitrogen and oxygen atoms in total. The molecule has 0 spiro atoms. The smallest absolute Gasteiger partial charge is 0.339 e. The summed E-state index contributed by atoms with van der Waals surface area (Å²) >= 11 is 0. The Bertz CT molecular complexity index is 954. The third-order valence-electron chi connectivity index (χ3n) is 7.45. The Labute approximate surface area is 221 Å². The monoisotopic (exact) mass is 566 g/mol. The highest BCUT2D eigenvalue weighted by molar-refractivity contribution is 5.91. The maximum Gasteiger partial charge on any atom is 0.339 e. The Morgan fingerprint density at radius 3 is 2.31 bits per heavy atom. The Morgan fingerprint density at radius 2 is 1.69 bits per heavy atom. The van der Waals surface area contributed by atoms with Crippen LogP contribution in [0.1, 0.15) is 6.42 Å². The van der Waals surface area contributed by atoms with Gasteiger partial charge in [0.1, 0.15) is 60.5 Å². The van der Waals surface area contributed by atoms with Gasteiger partial charge in [-0.2, -0.15) is 0 Å². The van der Waals surface area contributed by atoms with Crippen molar-refractivity contribution in [2.75, 3.05) is 33.5 Å². The molecular formula is C23H34O16. The van der Waals surface area contributed by atoms with Crippen molar-refractivity contribution in [3.05, 3.63) is 23.5 Å². The first-order valence-electron chi connectivity index (χ1n) is 12.2. The minimum Gasteiger partial charge on any atom is -0.471 e. The van der Waals surface area contributed by atoms with Gasteiger partial charge in [-0.1, -0.05) is 6.08 Å². The summed E-state index contributed by atoms with van der Waals surface area (Å²) in [7, 11) is 1.10. The van der Waals surface area contributed by atoms with Gasteiger partial charge in [-0.25, -0.2) is 4.79 Å². The van der Waals surface area contributed by atoms with Crippen molar-refractivity contribution in [1.82, 2.24) is 0 Å². The number of esters is 1. The Kier molecular flexibility index (Phi) is 8.99. The van der Waals surface area contributed by atoms with E-state index in [2.05, 4.69) is 0 Å². The number of methoxy groups -OCH3 is 1. The molecule has 2 fully saturated rings. The Morgan fingerprint density at radius 1 is 1.00 bits per heavy atom. The average Bonchev–Trinajstić information content (AvgIpc) is 3.38. The largest absolute Gasteiger partial charge is 0.471 e. The van der Waals surface area contributed by atoms with Gasteiger partial charge in [0.15, 0.2) is 6.29 Å². The van der Waals surface area contributed by atoms with Crippen LogP contribution in [0.2, 0.25) is 0 Å². The minimum absolute atomic E-state index is 0.135. The molecular weight excluding hydrogens is 532 g/mol. The van der Waals surface area contributed by atoms with Crippen LogP contribution in [0.3, 0.4) is 0 Å². The van der Waals surface area contributed by atoms with Gasteiger partial charge >= 0.3 is 5.97 Å². The molecule has 1 aliphatic carbocycles. The van der Waals surface area contributed by atoms with E-state index in [4.69, 9.17) is 28.4 Å². The zero-order chi connectivity index (χ0) is 28.7. The average molecular weight is 567 g/mol. The number of aliphatic hydroxyl groups is 9. The molecule has 0 radical (unpaired) electrons. The molecule has 0 bridgehead atoms. The Hall–Kier alpha value is -1.77. The summed E-state index contributed by atoms with van der Waals surface area (Å²) in [4.78, 5) is 12.4. The lowest BCUT2D eigenvalue weighted by Gasteiger charge is -2.45. The third kappa shape index (κ3) is 5.33. The number of carbonyl (C=O) groups is 1. The molecule has 3 heterocycles. The molecule has 0 unspecified atom stereocenters. The first-order valence-corrected chi connectivity index (χ1v) is 12.2. The van der Waals surface area contributed by atoms with E-state index in [1.165, 1.54) is 6.08 Å². The van der Waals surface area contributed by atoms with Gasteiger partial charge in [0.2, 0.25) is 12.1 Å². The molecule has 0 aromatic rings. The number of hydrogen-bond donors (Lipinski definition) is 9. The van der Waals surface area contributed by atoms with Crippen molar-refractivity contribution >= 4 is 5.97 Å². The maximum absolute atomic E-state index is 12.4. The number of hydrogen-bond acceptors (Lipinski definition) is 16. The van der Waals surface area contributed by atoms with Gasteiger partial charge in [0, 0.05) is 0 Å². The number of fused-ring (bicyclic) bond motifs is 1.